The third-order valence-electron chi connectivity index (χ3n) is 0. The minimum Gasteiger partial charge on any atom is 0 e. The molecule has 0 aliphatic heterocycles. The molecule has 0 spiro atoms. The Bertz CT molecular complexity index is 8.00. The number of rotatable bonds is 0. The quantitative estimate of drug-likeness (QED) is 0.470. The van der Waals surface area contributed by atoms with Crippen molar-refractivity contribution in [2.24, 2.45) is 0 Å². The molecule has 0 aliphatic rings. The molecule has 0 N–H and O–H groups in total. The molecule has 0 amide bonds. The fraction of sp³-hybridized carbons (Fsp3) is 0. The minimum absolute atomic E-state index is 0. The summed E-state index contributed by atoms with van der Waals surface area (Å²) in [5.41, 5.74) is 0. The van der Waals surface area contributed by atoms with E-state index in [-0.39, 0.29) is 82.5 Å². The first-order chi connectivity index (χ1) is 0. The van der Waals surface area contributed by atoms with Gasteiger partial charge in [0, 0.05) is 65.2 Å². The second-order valence-corrected chi connectivity index (χ2v) is 0. The summed E-state index contributed by atoms with van der Waals surface area (Å²) in [5, 5.41) is 0. The Morgan fingerprint density at radius 1 is 1.00 bits per heavy atom. The predicted octanol–water partition coefficient (Wildman–Crippen LogP) is -1.19. The molecular formula is H3AlAuMoTi. The van der Waals surface area contributed by atoms with Crippen LogP contribution in [-0.4, -0.2) is 17.4 Å². The van der Waals surface area contributed by atoms with Gasteiger partial charge < -0.3 is 0 Å². The van der Waals surface area contributed by atoms with Crippen molar-refractivity contribution >= 4 is 17.4 Å². The zero-order valence-electron chi connectivity index (χ0n) is 1.21. The van der Waals surface area contributed by atoms with E-state index in [4.69, 9.17) is 0 Å². The molecule has 0 fully saturated rings. The molecule has 0 saturated heterocycles. The predicted molar refractivity (Wildman–Crippen MR) is 9.94 cm³/mol. The summed E-state index contributed by atoms with van der Waals surface area (Å²) in [4.78, 5) is 0. The van der Waals surface area contributed by atoms with Crippen LogP contribution in [0.5, 0.6) is 0 Å². The van der Waals surface area contributed by atoms with E-state index in [9.17, 15) is 0 Å². The molecule has 0 aliphatic carbocycles. The van der Waals surface area contributed by atoms with Crippen molar-refractivity contribution < 1.29 is 65.2 Å². The topological polar surface area (TPSA) is 0 Å². The Labute approximate surface area is 81.3 Å². The third-order valence-corrected chi connectivity index (χ3v) is 0. The maximum Gasteiger partial charge on any atom is 0.187 e. The van der Waals surface area contributed by atoms with E-state index in [0.29, 0.717) is 0 Å². The Kier molecular flexibility index (Phi) is 130. The van der Waals surface area contributed by atoms with Gasteiger partial charge in [-0.05, 0) is 0 Å². The van der Waals surface area contributed by atoms with Crippen LogP contribution in [0.4, 0.5) is 0 Å². The van der Waals surface area contributed by atoms with Gasteiger partial charge in [0.05, 0.1) is 0 Å². The zero-order valence-corrected chi connectivity index (χ0v) is 6.94. The van der Waals surface area contributed by atoms with Gasteiger partial charge in [-0.2, -0.15) is 0 Å². The van der Waals surface area contributed by atoms with E-state index in [1.165, 1.54) is 0 Å². The molecule has 0 heterocycles. The van der Waals surface area contributed by atoms with E-state index < -0.39 is 0 Å². The summed E-state index contributed by atoms with van der Waals surface area (Å²) in [6.45, 7) is 0. The minimum atomic E-state index is 0. The van der Waals surface area contributed by atoms with Crippen molar-refractivity contribution in [2.75, 3.05) is 0 Å². The average Bonchev–Trinajstić information content (AvgIpc) is 0. The van der Waals surface area contributed by atoms with Crippen molar-refractivity contribution in [3.63, 3.8) is 0 Å². The molecule has 0 unspecified atom stereocenters. The van der Waals surface area contributed by atoms with Crippen molar-refractivity contribution in [3.05, 3.63) is 0 Å². The van der Waals surface area contributed by atoms with Gasteiger partial charge in [-0.15, -0.1) is 0 Å². The van der Waals surface area contributed by atoms with E-state index >= 15 is 0 Å². The van der Waals surface area contributed by atoms with E-state index in [2.05, 4.69) is 0 Å². The largest absolute Gasteiger partial charge is 0.187 e. The van der Waals surface area contributed by atoms with E-state index in [1.54, 1.807) is 0 Å². The molecular weight excluding hydrogens is 368 g/mol. The standard InChI is InChI=1S/Al.Au.Mo.Ti.3H. The smallest absolute Gasteiger partial charge is 0 e. The second-order valence-electron chi connectivity index (χ2n) is 0. The summed E-state index contributed by atoms with van der Waals surface area (Å²) >= 11 is 0. The van der Waals surface area contributed by atoms with Crippen LogP contribution in [-0.2, 0) is 65.2 Å². The fourth-order valence-corrected chi connectivity index (χ4v) is 0. The van der Waals surface area contributed by atoms with Crippen molar-refractivity contribution in [1.82, 2.24) is 0 Å². The van der Waals surface area contributed by atoms with Gasteiger partial charge >= 0.3 is 0 Å². The molecule has 4 heteroatoms. The first-order valence-electron chi connectivity index (χ1n) is 0. The Hall–Kier alpha value is 2.68. The first kappa shape index (κ1) is 30.0. The fourth-order valence-electron chi connectivity index (χ4n) is 0. The molecule has 0 aromatic carbocycles. The molecule has 0 nitrogen and oxygen atoms in total. The van der Waals surface area contributed by atoms with Crippen LogP contribution < -0.4 is 0 Å². The molecule has 0 saturated carbocycles. The second kappa shape index (κ2) is 17.3. The monoisotopic (exact) mass is 373 g/mol. The summed E-state index contributed by atoms with van der Waals surface area (Å²) in [6, 6.07) is 0. The van der Waals surface area contributed by atoms with Gasteiger partial charge in [-0.1, -0.05) is 0 Å². The summed E-state index contributed by atoms with van der Waals surface area (Å²) in [7, 11) is 0. The van der Waals surface area contributed by atoms with E-state index in [1.807, 2.05) is 0 Å². The molecule has 4 heavy (non-hydrogen) atoms. The van der Waals surface area contributed by atoms with Gasteiger partial charge in [0.2, 0.25) is 0 Å². The van der Waals surface area contributed by atoms with Crippen LogP contribution in [0.15, 0.2) is 0 Å². The molecule has 0 rings (SSSR count). The molecule has 27 valence electrons. The van der Waals surface area contributed by atoms with Gasteiger partial charge in [0.15, 0.2) is 17.4 Å². The van der Waals surface area contributed by atoms with Crippen LogP contribution in [0.2, 0.25) is 0 Å². The Morgan fingerprint density at radius 3 is 1.00 bits per heavy atom. The SMILES string of the molecule is [AlH3].[Au].[Mo].[Ti]. The van der Waals surface area contributed by atoms with Crippen LogP contribution in [0.25, 0.3) is 0 Å². The number of hydrogen-bond acceptors (Lipinski definition) is 0. The maximum absolute atomic E-state index is 0. The van der Waals surface area contributed by atoms with Crippen molar-refractivity contribution in [2.45, 2.75) is 0 Å². The van der Waals surface area contributed by atoms with E-state index in [0.717, 1.165) is 0 Å². The molecule has 0 aromatic rings. The van der Waals surface area contributed by atoms with Crippen LogP contribution in [0, 0.1) is 0 Å². The molecule has 0 aromatic heterocycles. The zero-order chi connectivity index (χ0) is 0. The van der Waals surface area contributed by atoms with Gasteiger partial charge in [0.1, 0.15) is 0 Å². The normalized spacial score (nSPS) is 0. The molecule has 0 atom stereocenters. The van der Waals surface area contributed by atoms with Crippen molar-refractivity contribution in [3.8, 4) is 0 Å². The van der Waals surface area contributed by atoms with Gasteiger partial charge in [-0.25, -0.2) is 0 Å². The average molecular weight is 371 g/mol. The molecule has 1 radical (unpaired) electrons. The molecule has 0 bridgehead atoms. The van der Waals surface area contributed by atoms with Crippen molar-refractivity contribution in [1.29, 1.82) is 0 Å². The first-order valence-corrected chi connectivity index (χ1v) is 0. The maximum atomic E-state index is 0. The Morgan fingerprint density at radius 2 is 1.00 bits per heavy atom. The van der Waals surface area contributed by atoms with Crippen LogP contribution >= 0.6 is 0 Å². The van der Waals surface area contributed by atoms with Crippen LogP contribution in [0.1, 0.15) is 0 Å². The number of hydrogen-bond donors (Lipinski definition) is 0. The summed E-state index contributed by atoms with van der Waals surface area (Å²) in [6.07, 6.45) is 0. The van der Waals surface area contributed by atoms with Gasteiger partial charge in [-0.3, -0.25) is 0 Å². The third kappa shape index (κ3) is 8.82. The summed E-state index contributed by atoms with van der Waals surface area (Å²) < 4.78 is 0. The van der Waals surface area contributed by atoms with Crippen LogP contribution in [0.3, 0.4) is 0 Å². The Balaban J connectivity index is 0. The van der Waals surface area contributed by atoms with Gasteiger partial charge in [0.25, 0.3) is 0 Å². The summed E-state index contributed by atoms with van der Waals surface area (Å²) in [5.74, 6) is 0.